The zero-order valence-electron chi connectivity index (χ0n) is 13.6. The van der Waals surface area contributed by atoms with Gasteiger partial charge >= 0.3 is 6.09 Å². The molecular formula is C16H21ClN4O2. The van der Waals surface area contributed by atoms with Crippen LogP contribution in [0.1, 0.15) is 26.3 Å². The van der Waals surface area contributed by atoms with E-state index in [0.29, 0.717) is 42.5 Å². The third kappa shape index (κ3) is 4.20. The van der Waals surface area contributed by atoms with Gasteiger partial charge in [0, 0.05) is 26.2 Å². The topological polar surface area (TPSA) is 82.6 Å². The van der Waals surface area contributed by atoms with E-state index in [1.54, 1.807) is 17.0 Å². The van der Waals surface area contributed by atoms with Gasteiger partial charge in [0.15, 0.2) is 0 Å². The molecular weight excluding hydrogens is 316 g/mol. The van der Waals surface area contributed by atoms with Gasteiger partial charge in [-0.3, -0.25) is 0 Å². The highest BCUT2D eigenvalue weighted by molar-refractivity contribution is 6.33. The molecule has 0 aliphatic carbocycles. The number of piperazine rings is 1. The maximum Gasteiger partial charge on any atom is 0.410 e. The highest BCUT2D eigenvalue weighted by Gasteiger charge is 2.27. The van der Waals surface area contributed by atoms with Crippen molar-refractivity contribution in [1.29, 1.82) is 5.26 Å². The van der Waals surface area contributed by atoms with E-state index in [2.05, 4.69) is 6.07 Å². The lowest BCUT2D eigenvalue weighted by molar-refractivity contribution is 0.0240. The second-order valence-corrected chi connectivity index (χ2v) is 6.86. The molecule has 0 bridgehead atoms. The number of nitrogens with zero attached hydrogens (tertiary/aromatic N) is 3. The van der Waals surface area contributed by atoms with Gasteiger partial charge in [-0.1, -0.05) is 11.6 Å². The molecule has 2 rings (SSSR count). The van der Waals surface area contributed by atoms with E-state index in [-0.39, 0.29) is 6.09 Å². The number of hydrogen-bond donors (Lipinski definition) is 1. The summed E-state index contributed by atoms with van der Waals surface area (Å²) in [4.78, 5) is 15.8. The number of nitrogen functional groups attached to an aromatic ring is 1. The number of amides is 1. The fourth-order valence-corrected chi connectivity index (χ4v) is 2.55. The summed E-state index contributed by atoms with van der Waals surface area (Å²) in [5.74, 6) is 0. The van der Waals surface area contributed by atoms with E-state index in [9.17, 15) is 10.1 Å². The van der Waals surface area contributed by atoms with Crippen molar-refractivity contribution in [3.05, 3.63) is 22.7 Å². The Morgan fingerprint density at radius 1 is 1.30 bits per heavy atom. The normalized spacial score (nSPS) is 15.3. The number of carbonyl (C=O) groups excluding carboxylic acids is 1. The summed E-state index contributed by atoms with van der Waals surface area (Å²) >= 11 is 5.97. The van der Waals surface area contributed by atoms with Gasteiger partial charge in [0.1, 0.15) is 11.7 Å². The average molecular weight is 337 g/mol. The molecule has 6 nitrogen and oxygen atoms in total. The van der Waals surface area contributed by atoms with E-state index < -0.39 is 5.60 Å². The van der Waals surface area contributed by atoms with E-state index >= 15 is 0 Å². The van der Waals surface area contributed by atoms with Crippen molar-refractivity contribution >= 4 is 29.1 Å². The molecule has 1 aromatic carbocycles. The zero-order chi connectivity index (χ0) is 17.2. The van der Waals surface area contributed by atoms with Crippen LogP contribution >= 0.6 is 11.6 Å². The molecule has 0 unspecified atom stereocenters. The molecule has 1 amide bonds. The smallest absolute Gasteiger partial charge is 0.410 e. The number of hydrogen-bond acceptors (Lipinski definition) is 5. The number of anilines is 2. The van der Waals surface area contributed by atoms with Crippen LogP contribution in [0, 0.1) is 11.3 Å². The van der Waals surface area contributed by atoms with Gasteiger partial charge in [0.05, 0.1) is 22.0 Å². The highest BCUT2D eigenvalue weighted by Crippen LogP contribution is 2.30. The molecule has 1 aromatic rings. The van der Waals surface area contributed by atoms with Crippen molar-refractivity contribution in [1.82, 2.24) is 4.90 Å². The maximum absolute atomic E-state index is 12.1. The van der Waals surface area contributed by atoms with Crippen LogP contribution < -0.4 is 10.6 Å². The summed E-state index contributed by atoms with van der Waals surface area (Å²) in [6.45, 7) is 7.80. The van der Waals surface area contributed by atoms with Crippen LogP contribution in [-0.2, 0) is 4.74 Å². The van der Waals surface area contributed by atoms with E-state index in [1.165, 1.54) is 0 Å². The molecule has 1 heterocycles. The molecule has 23 heavy (non-hydrogen) atoms. The van der Waals surface area contributed by atoms with Crippen molar-refractivity contribution in [2.24, 2.45) is 0 Å². The number of ether oxygens (including phenoxy) is 1. The van der Waals surface area contributed by atoms with Crippen molar-refractivity contribution in [2.45, 2.75) is 26.4 Å². The molecule has 1 aliphatic heterocycles. The molecule has 0 saturated carbocycles. The highest BCUT2D eigenvalue weighted by atomic mass is 35.5. The fraction of sp³-hybridized carbons (Fsp3) is 0.500. The van der Waals surface area contributed by atoms with Crippen LogP contribution in [0.2, 0.25) is 5.02 Å². The fourth-order valence-electron chi connectivity index (χ4n) is 2.39. The third-order valence-corrected chi connectivity index (χ3v) is 3.83. The molecule has 0 spiro atoms. The van der Waals surface area contributed by atoms with Gasteiger partial charge < -0.3 is 20.3 Å². The minimum Gasteiger partial charge on any atom is -0.444 e. The van der Waals surface area contributed by atoms with Crippen LogP contribution in [0.25, 0.3) is 0 Å². The average Bonchev–Trinajstić information content (AvgIpc) is 2.48. The molecule has 0 aromatic heterocycles. The molecule has 7 heteroatoms. The summed E-state index contributed by atoms with van der Waals surface area (Å²) < 4.78 is 5.38. The van der Waals surface area contributed by atoms with E-state index in [0.717, 1.165) is 5.69 Å². The second kappa shape index (κ2) is 6.55. The Kier molecular flexibility index (Phi) is 4.90. The summed E-state index contributed by atoms with van der Waals surface area (Å²) in [5.41, 5.74) is 7.01. The Morgan fingerprint density at radius 3 is 2.43 bits per heavy atom. The lowest BCUT2D eigenvalue weighted by Crippen LogP contribution is -2.50. The predicted molar refractivity (Wildman–Crippen MR) is 90.6 cm³/mol. The predicted octanol–water partition coefficient (Wildman–Crippen LogP) is 2.85. The van der Waals surface area contributed by atoms with Crippen LogP contribution in [-0.4, -0.2) is 42.8 Å². The monoisotopic (exact) mass is 336 g/mol. The molecule has 0 radical (unpaired) electrons. The van der Waals surface area contributed by atoms with Crippen LogP contribution in [0.4, 0.5) is 16.2 Å². The number of nitrogens with two attached hydrogens (primary N) is 1. The molecule has 0 atom stereocenters. The zero-order valence-corrected chi connectivity index (χ0v) is 14.4. The van der Waals surface area contributed by atoms with E-state index in [1.807, 2.05) is 25.7 Å². The van der Waals surface area contributed by atoms with Gasteiger partial charge in [0.2, 0.25) is 0 Å². The van der Waals surface area contributed by atoms with Crippen LogP contribution in [0.15, 0.2) is 12.1 Å². The number of benzene rings is 1. The Labute approximate surface area is 141 Å². The minimum absolute atomic E-state index is 0.312. The first-order valence-corrected chi connectivity index (χ1v) is 7.81. The Bertz CT molecular complexity index is 641. The summed E-state index contributed by atoms with van der Waals surface area (Å²) in [6, 6.07) is 5.43. The van der Waals surface area contributed by atoms with Gasteiger partial charge in [-0.2, -0.15) is 5.26 Å². The van der Waals surface area contributed by atoms with Crippen molar-refractivity contribution in [3.8, 4) is 6.07 Å². The molecule has 1 fully saturated rings. The minimum atomic E-state index is -0.507. The number of nitriles is 1. The second-order valence-electron chi connectivity index (χ2n) is 6.46. The first-order valence-electron chi connectivity index (χ1n) is 7.43. The van der Waals surface area contributed by atoms with Crippen molar-refractivity contribution in [2.75, 3.05) is 36.8 Å². The first kappa shape index (κ1) is 17.2. The number of rotatable bonds is 1. The van der Waals surface area contributed by atoms with Crippen molar-refractivity contribution < 1.29 is 9.53 Å². The first-order chi connectivity index (χ1) is 10.7. The summed E-state index contributed by atoms with van der Waals surface area (Å²) in [5, 5.41) is 9.64. The molecule has 124 valence electrons. The lowest BCUT2D eigenvalue weighted by Gasteiger charge is -2.37. The maximum atomic E-state index is 12.1. The quantitative estimate of drug-likeness (QED) is 0.797. The Morgan fingerprint density at radius 2 is 1.91 bits per heavy atom. The number of halogens is 1. The van der Waals surface area contributed by atoms with Gasteiger partial charge in [0.25, 0.3) is 0 Å². The molecule has 1 saturated heterocycles. The SMILES string of the molecule is CC(C)(C)OC(=O)N1CCN(c2cc(N)c(Cl)cc2C#N)CC1. The van der Waals surface area contributed by atoms with E-state index in [4.69, 9.17) is 22.1 Å². The van der Waals surface area contributed by atoms with Crippen LogP contribution in [0.3, 0.4) is 0 Å². The Balaban J connectivity index is 2.07. The molecule has 2 N–H and O–H groups in total. The van der Waals surface area contributed by atoms with Gasteiger partial charge in [-0.05, 0) is 32.9 Å². The Hall–Kier alpha value is -2.13. The standard InChI is InChI=1S/C16H21ClN4O2/c1-16(2,3)23-15(22)21-6-4-20(5-7-21)14-9-13(19)12(17)8-11(14)10-18/h8-9H,4-7,19H2,1-3H3. The lowest BCUT2D eigenvalue weighted by atomic mass is 10.1. The molecule has 1 aliphatic rings. The largest absolute Gasteiger partial charge is 0.444 e. The van der Waals surface area contributed by atoms with Crippen molar-refractivity contribution in [3.63, 3.8) is 0 Å². The summed E-state index contributed by atoms with van der Waals surface area (Å²) in [7, 11) is 0. The third-order valence-electron chi connectivity index (χ3n) is 3.51. The van der Waals surface area contributed by atoms with Gasteiger partial charge in [-0.25, -0.2) is 4.79 Å². The summed E-state index contributed by atoms with van der Waals surface area (Å²) in [6.07, 6.45) is -0.312. The number of carbonyl (C=O) groups is 1. The van der Waals surface area contributed by atoms with Crippen LogP contribution in [0.5, 0.6) is 0 Å². The van der Waals surface area contributed by atoms with Gasteiger partial charge in [-0.15, -0.1) is 0 Å².